The van der Waals surface area contributed by atoms with Gasteiger partial charge in [0.2, 0.25) is 0 Å². The van der Waals surface area contributed by atoms with E-state index in [2.05, 4.69) is 0 Å². The van der Waals surface area contributed by atoms with Crippen LogP contribution in [-0.4, -0.2) is 63.3 Å². The van der Waals surface area contributed by atoms with Crippen molar-refractivity contribution in [3.05, 3.63) is 58.7 Å². The van der Waals surface area contributed by atoms with E-state index >= 15 is 0 Å². The number of carbonyl (C=O) groups excluding carboxylic acids is 2. The van der Waals surface area contributed by atoms with Gasteiger partial charge in [-0.2, -0.15) is 0 Å². The molecule has 1 N–H and O–H groups in total. The summed E-state index contributed by atoms with van der Waals surface area (Å²) in [5, 5.41) is 11.2. The molecular formula is C24H27NO7. The van der Waals surface area contributed by atoms with Crippen LogP contribution in [0.15, 0.2) is 42.0 Å². The fraction of sp³-hybridized carbons (Fsp3) is 0.333. The fourth-order valence-corrected chi connectivity index (χ4v) is 3.85. The largest absolute Gasteiger partial charge is 0.507 e. The maximum absolute atomic E-state index is 13.1. The smallest absolute Gasteiger partial charge is 0.295 e. The first-order valence-corrected chi connectivity index (χ1v) is 10.0. The van der Waals surface area contributed by atoms with E-state index in [1.807, 2.05) is 6.92 Å². The number of methoxy groups -OCH3 is 4. The lowest BCUT2D eigenvalue weighted by Crippen LogP contribution is -2.32. The first kappa shape index (κ1) is 23.1. The molecule has 0 aliphatic carbocycles. The molecule has 0 spiro atoms. The average Bonchev–Trinajstić information content (AvgIpc) is 3.06. The van der Waals surface area contributed by atoms with Crippen LogP contribution in [0.1, 0.15) is 22.7 Å². The van der Waals surface area contributed by atoms with Gasteiger partial charge in [0.15, 0.2) is 0 Å². The number of amides is 1. The SMILES string of the molecule is COCCN1C(=O)C(=O)C(=C(O)c2ccc(OC)c(C)c2)[C@H]1c1ccc(OC)cc1OC. The minimum absolute atomic E-state index is 0.0147. The lowest BCUT2D eigenvalue weighted by molar-refractivity contribution is -0.140. The number of aliphatic hydroxyl groups excluding tert-OH is 1. The predicted octanol–water partition coefficient (Wildman–Crippen LogP) is 3.09. The minimum Gasteiger partial charge on any atom is -0.507 e. The second-order valence-electron chi connectivity index (χ2n) is 7.28. The van der Waals surface area contributed by atoms with Crippen LogP contribution in [0.3, 0.4) is 0 Å². The van der Waals surface area contributed by atoms with Gasteiger partial charge in [0.1, 0.15) is 23.0 Å². The number of aryl methyl sites for hydroxylation is 1. The Morgan fingerprint density at radius 1 is 0.969 bits per heavy atom. The standard InChI is InChI=1S/C24H27NO7/c1-14-12-15(6-9-18(14)31-4)22(26)20-21(25(10-11-29-2)24(28)23(20)27)17-8-7-16(30-3)13-19(17)32-5/h6-9,12-13,21,26H,10-11H2,1-5H3/t21-/m1/s1. The maximum atomic E-state index is 13.1. The Morgan fingerprint density at radius 3 is 2.28 bits per heavy atom. The molecule has 1 aliphatic heterocycles. The summed E-state index contributed by atoms with van der Waals surface area (Å²) >= 11 is 0. The summed E-state index contributed by atoms with van der Waals surface area (Å²) in [4.78, 5) is 27.4. The Bertz CT molecular complexity index is 1060. The summed E-state index contributed by atoms with van der Waals surface area (Å²) in [6.07, 6.45) is 0. The van der Waals surface area contributed by atoms with E-state index < -0.39 is 17.7 Å². The van der Waals surface area contributed by atoms with E-state index in [1.54, 1.807) is 43.5 Å². The number of benzene rings is 2. The lowest BCUT2D eigenvalue weighted by atomic mass is 9.94. The van der Waals surface area contributed by atoms with Gasteiger partial charge in [0.25, 0.3) is 11.7 Å². The number of hydrogen-bond acceptors (Lipinski definition) is 7. The average molecular weight is 441 g/mol. The van der Waals surface area contributed by atoms with Gasteiger partial charge in [-0.3, -0.25) is 9.59 Å². The highest BCUT2D eigenvalue weighted by Gasteiger charge is 2.47. The summed E-state index contributed by atoms with van der Waals surface area (Å²) < 4.78 is 21.2. The molecule has 0 radical (unpaired) electrons. The Balaban J connectivity index is 2.22. The van der Waals surface area contributed by atoms with Crippen LogP contribution >= 0.6 is 0 Å². The van der Waals surface area contributed by atoms with Crippen LogP contribution in [0.25, 0.3) is 5.76 Å². The topological polar surface area (TPSA) is 94.5 Å². The van der Waals surface area contributed by atoms with E-state index in [4.69, 9.17) is 18.9 Å². The molecule has 8 heteroatoms. The summed E-state index contributed by atoms with van der Waals surface area (Å²) in [7, 11) is 6.09. The van der Waals surface area contributed by atoms with Crippen LogP contribution in [0, 0.1) is 6.92 Å². The number of likely N-dealkylation sites (tertiary alicyclic amines) is 1. The summed E-state index contributed by atoms with van der Waals surface area (Å²) in [6, 6.07) is 9.31. The van der Waals surface area contributed by atoms with Crippen LogP contribution in [-0.2, 0) is 14.3 Å². The van der Waals surface area contributed by atoms with E-state index in [-0.39, 0.29) is 24.5 Å². The molecule has 1 atom stereocenters. The van der Waals surface area contributed by atoms with Crippen molar-refractivity contribution < 1.29 is 33.6 Å². The highest BCUT2D eigenvalue weighted by molar-refractivity contribution is 6.46. The molecule has 170 valence electrons. The quantitative estimate of drug-likeness (QED) is 0.382. The van der Waals surface area contributed by atoms with Crippen LogP contribution in [0.5, 0.6) is 17.2 Å². The van der Waals surface area contributed by atoms with Crippen LogP contribution in [0.2, 0.25) is 0 Å². The number of nitrogens with zero attached hydrogens (tertiary/aromatic N) is 1. The zero-order chi connectivity index (χ0) is 23.4. The fourth-order valence-electron chi connectivity index (χ4n) is 3.85. The Kier molecular flexibility index (Phi) is 7.05. The molecule has 8 nitrogen and oxygen atoms in total. The highest BCUT2D eigenvalue weighted by atomic mass is 16.5. The first-order valence-electron chi connectivity index (χ1n) is 10.0. The Labute approximate surface area is 187 Å². The lowest BCUT2D eigenvalue weighted by Gasteiger charge is -2.26. The third-order valence-corrected chi connectivity index (χ3v) is 5.48. The number of aliphatic hydroxyl groups is 1. The Hall–Kier alpha value is -3.52. The number of hydrogen-bond donors (Lipinski definition) is 1. The van der Waals surface area contributed by atoms with Gasteiger partial charge in [0.05, 0.1) is 39.6 Å². The Morgan fingerprint density at radius 2 is 1.69 bits per heavy atom. The molecule has 0 unspecified atom stereocenters. The van der Waals surface area contributed by atoms with E-state index in [9.17, 15) is 14.7 Å². The molecule has 3 rings (SSSR count). The molecule has 32 heavy (non-hydrogen) atoms. The van der Waals surface area contributed by atoms with Crippen molar-refractivity contribution in [3.8, 4) is 17.2 Å². The highest BCUT2D eigenvalue weighted by Crippen LogP contribution is 2.43. The van der Waals surface area contributed by atoms with Gasteiger partial charge in [-0.15, -0.1) is 0 Å². The summed E-state index contributed by atoms with van der Waals surface area (Å²) in [6.45, 7) is 2.22. The number of rotatable bonds is 8. The molecule has 1 fully saturated rings. The van der Waals surface area contributed by atoms with E-state index in [1.165, 1.54) is 26.2 Å². The van der Waals surface area contributed by atoms with Crippen molar-refractivity contribution >= 4 is 17.4 Å². The molecule has 2 aromatic carbocycles. The molecule has 0 aromatic heterocycles. The molecule has 0 bridgehead atoms. The second-order valence-corrected chi connectivity index (χ2v) is 7.28. The van der Waals surface area contributed by atoms with Crippen molar-refractivity contribution in [2.24, 2.45) is 0 Å². The third-order valence-electron chi connectivity index (χ3n) is 5.48. The molecule has 1 aliphatic rings. The van der Waals surface area contributed by atoms with Crippen molar-refractivity contribution in [2.45, 2.75) is 13.0 Å². The molecule has 1 heterocycles. The van der Waals surface area contributed by atoms with E-state index in [0.29, 0.717) is 28.4 Å². The molecule has 1 amide bonds. The monoisotopic (exact) mass is 441 g/mol. The number of carbonyl (C=O) groups is 2. The van der Waals surface area contributed by atoms with Crippen molar-refractivity contribution in [1.29, 1.82) is 0 Å². The van der Waals surface area contributed by atoms with Crippen molar-refractivity contribution in [3.63, 3.8) is 0 Å². The van der Waals surface area contributed by atoms with Crippen LogP contribution in [0.4, 0.5) is 0 Å². The van der Waals surface area contributed by atoms with Gasteiger partial charge >= 0.3 is 0 Å². The zero-order valence-electron chi connectivity index (χ0n) is 18.8. The molecule has 2 aromatic rings. The second kappa shape index (κ2) is 9.74. The predicted molar refractivity (Wildman–Crippen MR) is 118 cm³/mol. The van der Waals surface area contributed by atoms with Crippen molar-refractivity contribution in [2.75, 3.05) is 41.6 Å². The van der Waals surface area contributed by atoms with Gasteiger partial charge in [-0.1, -0.05) is 0 Å². The summed E-state index contributed by atoms with van der Waals surface area (Å²) in [5.74, 6) is -0.111. The number of ether oxygens (including phenoxy) is 4. The van der Waals surface area contributed by atoms with Crippen molar-refractivity contribution in [1.82, 2.24) is 4.90 Å². The van der Waals surface area contributed by atoms with Gasteiger partial charge in [0, 0.05) is 30.8 Å². The van der Waals surface area contributed by atoms with Gasteiger partial charge in [-0.05, 0) is 42.8 Å². The number of ketones is 1. The van der Waals surface area contributed by atoms with Gasteiger partial charge in [-0.25, -0.2) is 0 Å². The van der Waals surface area contributed by atoms with Crippen LogP contribution < -0.4 is 14.2 Å². The molecule has 1 saturated heterocycles. The molecule has 0 saturated carbocycles. The first-order chi connectivity index (χ1) is 15.4. The zero-order valence-corrected chi connectivity index (χ0v) is 18.8. The summed E-state index contributed by atoms with van der Waals surface area (Å²) in [5.41, 5.74) is 1.73. The normalized spacial score (nSPS) is 17.5. The number of Topliss-reactive ketones (excluding diaryl/α,β-unsaturated/α-hetero) is 1. The van der Waals surface area contributed by atoms with E-state index in [0.717, 1.165) is 5.56 Å². The third kappa shape index (κ3) is 4.13. The minimum atomic E-state index is -0.853. The molecular weight excluding hydrogens is 414 g/mol. The van der Waals surface area contributed by atoms with Gasteiger partial charge < -0.3 is 29.0 Å². The maximum Gasteiger partial charge on any atom is 0.295 e.